The van der Waals surface area contributed by atoms with Crippen LogP contribution in [0.4, 0.5) is 4.79 Å². The first-order chi connectivity index (χ1) is 8.99. The summed E-state index contributed by atoms with van der Waals surface area (Å²) in [4.78, 5) is 27.1. The van der Waals surface area contributed by atoms with E-state index in [1.807, 2.05) is 0 Å². The molecule has 0 aromatic heterocycles. The summed E-state index contributed by atoms with van der Waals surface area (Å²) < 4.78 is 0. The molecule has 0 radical (unpaired) electrons. The summed E-state index contributed by atoms with van der Waals surface area (Å²) >= 11 is 0. The maximum Gasteiger partial charge on any atom is 0.326 e. The Morgan fingerprint density at radius 3 is 2.32 bits per heavy atom. The van der Waals surface area contributed by atoms with Crippen LogP contribution in [0.15, 0.2) is 0 Å². The molecule has 1 heterocycles. The van der Waals surface area contributed by atoms with Crippen molar-refractivity contribution in [1.29, 1.82) is 0 Å². The lowest BCUT2D eigenvalue weighted by Gasteiger charge is -2.35. The summed E-state index contributed by atoms with van der Waals surface area (Å²) in [6, 6.07) is -0.764. The highest BCUT2D eigenvalue weighted by molar-refractivity contribution is 5.83. The number of hydrogen-bond donors (Lipinski definition) is 2. The Morgan fingerprint density at radius 1 is 1.26 bits per heavy atom. The molecule has 1 saturated heterocycles. The van der Waals surface area contributed by atoms with Gasteiger partial charge in [0.25, 0.3) is 0 Å². The second-order valence-corrected chi connectivity index (χ2v) is 5.75. The zero-order valence-electron chi connectivity index (χ0n) is 11.6. The zero-order valence-corrected chi connectivity index (χ0v) is 11.6. The predicted molar refractivity (Wildman–Crippen MR) is 71.0 cm³/mol. The summed E-state index contributed by atoms with van der Waals surface area (Å²) in [6.45, 7) is 1.96. The lowest BCUT2D eigenvalue weighted by molar-refractivity contribution is -0.139. The van der Waals surface area contributed by atoms with Crippen LogP contribution in [0.1, 0.15) is 25.7 Å². The molecule has 1 aliphatic heterocycles. The third-order valence-corrected chi connectivity index (χ3v) is 4.19. The van der Waals surface area contributed by atoms with Gasteiger partial charge < -0.3 is 20.2 Å². The molecule has 0 bridgehead atoms. The number of amides is 2. The zero-order chi connectivity index (χ0) is 14.0. The van der Waals surface area contributed by atoms with Crippen LogP contribution >= 0.6 is 0 Å². The molecule has 6 heteroatoms. The van der Waals surface area contributed by atoms with E-state index in [1.165, 1.54) is 0 Å². The Balaban J connectivity index is 1.86. The Labute approximate surface area is 113 Å². The Bertz CT molecular complexity index is 349. The van der Waals surface area contributed by atoms with Gasteiger partial charge in [0.2, 0.25) is 0 Å². The lowest BCUT2D eigenvalue weighted by Crippen LogP contribution is -2.52. The maximum atomic E-state index is 12.1. The molecule has 2 rings (SSSR count). The van der Waals surface area contributed by atoms with Gasteiger partial charge in [-0.1, -0.05) is 0 Å². The van der Waals surface area contributed by atoms with Crippen LogP contribution in [-0.4, -0.2) is 66.2 Å². The summed E-state index contributed by atoms with van der Waals surface area (Å²) in [5, 5.41) is 11.8. The molecule has 0 spiro atoms. The van der Waals surface area contributed by atoms with Crippen LogP contribution in [0.25, 0.3) is 0 Å². The van der Waals surface area contributed by atoms with Crippen LogP contribution in [-0.2, 0) is 4.79 Å². The molecule has 1 aliphatic carbocycles. The van der Waals surface area contributed by atoms with E-state index in [0.717, 1.165) is 38.8 Å². The van der Waals surface area contributed by atoms with Gasteiger partial charge in [0.15, 0.2) is 0 Å². The van der Waals surface area contributed by atoms with E-state index in [0.29, 0.717) is 0 Å². The van der Waals surface area contributed by atoms with E-state index < -0.39 is 12.0 Å². The molecular weight excluding hydrogens is 246 g/mol. The minimum Gasteiger partial charge on any atom is -0.480 e. The number of nitrogens with zero attached hydrogens (tertiary/aromatic N) is 2. The minimum atomic E-state index is -0.923. The average molecular weight is 269 g/mol. The van der Waals surface area contributed by atoms with Crippen molar-refractivity contribution >= 4 is 12.0 Å². The molecule has 6 nitrogen and oxygen atoms in total. The van der Waals surface area contributed by atoms with Crippen LogP contribution in [0, 0.1) is 5.92 Å². The van der Waals surface area contributed by atoms with Crippen LogP contribution in [0.5, 0.6) is 0 Å². The van der Waals surface area contributed by atoms with Gasteiger partial charge in [-0.15, -0.1) is 0 Å². The molecular formula is C13H23N3O3. The number of carbonyl (C=O) groups excluding carboxylic acids is 1. The van der Waals surface area contributed by atoms with Gasteiger partial charge in [-0.05, 0) is 51.7 Å². The number of likely N-dealkylation sites (tertiary alicyclic amines) is 1. The van der Waals surface area contributed by atoms with Gasteiger partial charge in [-0.2, -0.15) is 0 Å². The summed E-state index contributed by atoms with van der Waals surface area (Å²) in [7, 11) is 3.83. The quantitative estimate of drug-likeness (QED) is 0.783. The second-order valence-electron chi connectivity index (χ2n) is 5.75. The van der Waals surface area contributed by atoms with E-state index in [-0.39, 0.29) is 18.0 Å². The van der Waals surface area contributed by atoms with Gasteiger partial charge in [0, 0.05) is 13.1 Å². The minimum absolute atomic E-state index is 0.118. The van der Waals surface area contributed by atoms with Gasteiger partial charge in [0.05, 0.1) is 0 Å². The van der Waals surface area contributed by atoms with Crippen molar-refractivity contribution in [3.8, 4) is 0 Å². The molecule has 0 aromatic rings. The first kappa shape index (κ1) is 14.1. The topological polar surface area (TPSA) is 72.9 Å². The van der Waals surface area contributed by atoms with Crippen molar-refractivity contribution in [2.24, 2.45) is 5.92 Å². The fourth-order valence-corrected chi connectivity index (χ4v) is 2.59. The molecule has 108 valence electrons. The van der Waals surface area contributed by atoms with Crippen molar-refractivity contribution in [1.82, 2.24) is 15.1 Å². The third kappa shape index (κ3) is 3.59. The molecule has 19 heavy (non-hydrogen) atoms. The Hall–Kier alpha value is -1.30. The largest absolute Gasteiger partial charge is 0.480 e. The highest BCUT2D eigenvalue weighted by atomic mass is 16.4. The van der Waals surface area contributed by atoms with Crippen molar-refractivity contribution in [2.45, 2.75) is 37.8 Å². The number of aliphatic carboxylic acids is 1. The molecule has 2 aliphatic rings. The summed E-state index contributed by atoms with van der Waals surface area (Å²) in [5.41, 5.74) is 0. The number of rotatable bonds is 4. The molecule has 1 atom stereocenters. The fraction of sp³-hybridized carbons (Fsp3) is 0.846. The average Bonchev–Trinajstić information content (AvgIpc) is 3.19. The first-order valence-corrected chi connectivity index (χ1v) is 6.93. The molecule has 1 unspecified atom stereocenters. The SMILES string of the molecule is CN1CCC(N(C)C(=O)NC(C(=O)O)C2CC2)CC1. The monoisotopic (exact) mass is 269 g/mol. The number of hydrogen-bond acceptors (Lipinski definition) is 3. The van der Waals surface area contributed by atoms with E-state index in [9.17, 15) is 9.59 Å². The lowest BCUT2D eigenvalue weighted by atomic mass is 10.0. The number of piperidine rings is 1. The number of urea groups is 1. The van der Waals surface area contributed by atoms with Gasteiger partial charge in [-0.25, -0.2) is 9.59 Å². The van der Waals surface area contributed by atoms with Crippen LogP contribution in [0.2, 0.25) is 0 Å². The van der Waals surface area contributed by atoms with E-state index in [4.69, 9.17) is 5.11 Å². The number of nitrogens with one attached hydrogen (secondary N) is 1. The first-order valence-electron chi connectivity index (χ1n) is 6.93. The van der Waals surface area contributed by atoms with Crippen LogP contribution in [0.3, 0.4) is 0 Å². The maximum absolute atomic E-state index is 12.1. The molecule has 2 N–H and O–H groups in total. The van der Waals surface area contributed by atoms with Crippen LogP contribution < -0.4 is 5.32 Å². The molecule has 2 fully saturated rings. The summed E-state index contributed by atoms with van der Waals surface area (Å²) in [6.07, 6.45) is 3.69. The van der Waals surface area contributed by atoms with Gasteiger partial charge >= 0.3 is 12.0 Å². The third-order valence-electron chi connectivity index (χ3n) is 4.19. The number of carboxylic acids is 1. The smallest absolute Gasteiger partial charge is 0.326 e. The van der Waals surface area contributed by atoms with E-state index >= 15 is 0 Å². The van der Waals surface area contributed by atoms with Crippen molar-refractivity contribution in [3.05, 3.63) is 0 Å². The van der Waals surface area contributed by atoms with Crippen molar-refractivity contribution < 1.29 is 14.7 Å². The highest BCUT2D eigenvalue weighted by Crippen LogP contribution is 2.32. The van der Waals surface area contributed by atoms with Crippen molar-refractivity contribution in [3.63, 3.8) is 0 Å². The van der Waals surface area contributed by atoms with E-state index in [2.05, 4.69) is 17.3 Å². The molecule has 2 amide bonds. The van der Waals surface area contributed by atoms with Crippen molar-refractivity contribution in [2.75, 3.05) is 27.2 Å². The molecule has 1 saturated carbocycles. The molecule has 0 aromatic carbocycles. The second kappa shape index (κ2) is 5.77. The summed E-state index contributed by atoms with van der Waals surface area (Å²) in [5.74, 6) is -0.806. The van der Waals surface area contributed by atoms with Gasteiger partial charge in [-0.3, -0.25) is 0 Å². The van der Waals surface area contributed by atoms with E-state index in [1.54, 1.807) is 11.9 Å². The van der Waals surface area contributed by atoms with Gasteiger partial charge in [0.1, 0.15) is 6.04 Å². The normalized spacial score (nSPS) is 22.8. The standard InChI is InChI=1S/C13H23N3O3/c1-15-7-5-10(6-8-15)16(2)13(19)14-11(12(17)18)9-3-4-9/h9-11H,3-8H2,1-2H3,(H,14,19)(H,17,18). The highest BCUT2D eigenvalue weighted by Gasteiger charge is 2.38. The number of carboxylic acid groups (broad SMARTS) is 1. The number of carbonyl (C=O) groups is 2. The predicted octanol–water partition coefficient (Wildman–Crippen LogP) is 0.585. The Morgan fingerprint density at radius 2 is 1.84 bits per heavy atom. The Kier molecular flexibility index (Phi) is 4.29. The fourth-order valence-electron chi connectivity index (χ4n) is 2.59.